The lowest BCUT2D eigenvalue weighted by molar-refractivity contribution is -0.385. The molecule has 5 nitrogen and oxygen atoms in total. The van der Waals surface area contributed by atoms with Gasteiger partial charge in [-0.2, -0.15) is 0 Å². The van der Waals surface area contributed by atoms with Crippen molar-refractivity contribution in [2.45, 2.75) is 0 Å². The third kappa shape index (κ3) is 1.94. The Balaban J connectivity index is 3.35. The van der Waals surface area contributed by atoms with Gasteiger partial charge < -0.3 is 5.11 Å². The smallest absolute Gasteiger partial charge is 0.300 e. The van der Waals surface area contributed by atoms with Crippen molar-refractivity contribution >= 4 is 23.0 Å². The standard InChI is InChI=1S/C7H5ClN2O3/c1-4(11)7-6(10(12)13)2-5(8)3-9-7/h2-3,11H,1H2. The van der Waals surface area contributed by atoms with Gasteiger partial charge in [-0.1, -0.05) is 18.2 Å². The van der Waals surface area contributed by atoms with Crippen LogP contribution >= 0.6 is 11.6 Å². The highest BCUT2D eigenvalue weighted by Gasteiger charge is 2.17. The quantitative estimate of drug-likeness (QED) is 0.451. The van der Waals surface area contributed by atoms with Gasteiger partial charge >= 0.3 is 0 Å². The number of halogens is 1. The summed E-state index contributed by atoms with van der Waals surface area (Å²) in [7, 11) is 0. The van der Waals surface area contributed by atoms with Crippen LogP contribution in [0.5, 0.6) is 0 Å². The molecule has 0 saturated carbocycles. The molecule has 0 atom stereocenters. The third-order valence-corrected chi connectivity index (χ3v) is 1.51. The molecule has 0 aliphatic carbocycles. The van der Waals surface area contributed by atoms with Gasteiger partial charge in [0.1, 0.15) is 5.76 Å². The fourth-order valence-electron chi connectivity index (χ4n) is 0.790. The topological polar surface area (TPSA) is 76.3 Å². The van der Waals surface area contributed by atoms with E-state index in [0.717, 1.165) is 6.07 Å². The number of pyridine rings is 1. The zero-order valence-corrected chi connectivity index (χ0v) is 7.15. The van der Waals surface area contributed by atoms with Gasteiger partial charge in [0, 0.05) is 12.3 Å². The summed E-state index contributed by atoms with van der Waals surface area (Å²) in [6.07, 6.45) is 1.20. The van der Waals surface area contributed by atoms with Crippen molar-refractivity contribution in [3.63, 3.8) is 0 Å². The molecule has 0 spiro atoms. The van der Waals surface area contributed by atoms with E-state index in [9.17, 15) is 10.1 Å². The van der Waals surface area contributed by atoms with Crippen molar-refractivity contribution in [1.82, 2.24) is 4.98 Å². The molecular weight excluding hydrogens is 196 g/mol. The maximum atomic E-state index is 10.4. The lowest BCUT2D eigenvalue weighted by atomic mass is 10.3. The lowest BCUT2D eigenvalue weighted by Crippen LogP contribution is -1.97. The first kappa shape index (κ1) is 9.47. The van der Waals surface area contributed by atoms with Crippen LogP contribution in [0.25, 0.3) is 5.76 Å². The number of hydrogen-bond donors (Lipinski definition) is 1. The van der Waals surface area contributed by atoms with Crippen LogP contribution in [0.2, 0.25) is 5.02 Å². The molecule has 0 bridgehead atoms. The molecule has 1 heterocycles. The number of aliphatic hydroxyl groups excluding tert-OH is 1. The van der Waals surface area contributed by atoms with Crippen molar-refractivity contribution in [3.8, 4) is 0 Å². The molecule has 1 aromatic heterocycles. The van der Waals surface area contributed by atoms with Crippen LogP contribution in [-0.2, 0) is 0 Å². The summed E-state index contributed by atoms with van der Waals surface area (Å²) in [4.78, 5) is 13.3. The summed E-state index contributed by atoms with van der Waals surface area (Å²) in [5.74, 6) is -0.455. The van der Waals surface area contributed by atoms with Crippen molar-refractivity contribution in [1.29, 1.82) is 0 Å². The van der Waals surface area contributed by atoms with Gasteiger partial charge in [0.2, 0.25) is 0 Å². The monoisotopic (exact) mass is 200 g/mol. The van der Waals surface area contributed by atoms with Gasteiger partial charge in [-0.3, -0.25) is 10.1 Å². The first-order chi connectivity index (χ1) is 6.02. The Bertz CT molecular complexity index is 378. The predicted octanol–water partition coefficient (Wildman–Crippen LogP) is 2.17. The average Bonchev–Trinajstić information content (AvgIpc) is 2.03. The number of hydrogen-bond acceptors (Lipinski definition) is 4. The van der Waals surface area contributed by atoms with Crippen molar-refractivity contribution in [3.05, 3.63) is 39.7 Å². The van der Waals surface area contributed by atoms with Crippen LogP contribution in [0.1, 0.15) is 5.69 Å². The third-order valence-electron chi connectivity index (χ3n) is 1.30. The number of nitro groups is 1. The van der Waals surface area contributed by atoms with Gasteiger partial charge in [-0.05, 0) is 0 Å². The number of rotatable bonds is 2. The normalized spacial score (nSPS) is 9.62. The Morgan fingerprint density at radius 1 is 1.77 bits per heavy atom. The van der Waals surface area contributed by atoms with E-state index in [2.05, 4.69) is 11.6 Å². The molecule has 13 heavy (non-hydrogen) atoms. The predicted molar refractivity (Wildman–Crippen MR) is 47.6 cm³/mol. The molecule has 0 unspecified atom stereocenters. The first-order valence-corrected chi connectivity index (χ1v) is 3.58. The fourth-order valence-corrected chi connectivity index (χ4v) is 0.942. The van der Waals surface area contributed by atoms with Crippen LogP contribution in [0, 0.1) is 10.1 Å². The highest BCUT2D eigenvalue weighted by molar-refractivity contribution is 6.30. The maximum Gasteiger partial charge on any atom is 0.300 e. The zero-order valence-electron chi connectivity index (χ0n) is 6.40. The van der Waals surface area contributed by atoms with E-state index in [-0.39, 0.29) is 16.4 Å². The molecular formula is C7H5ClN2O3. The minimum atomic E-state index is -0.685. The van der Waals surface area contributed by atoms with Gasteiger partial charge in [-0.25, -0.2) is 4.98 Å². The molecule has 6 heteroatoms. The van der Waals surface area contributed by atoms with Crippen molar-refractivity contribution in [2.24, 2.45) is 0 Å². The van der Waals surface area contributed by atoms with Gasteiger partial charge in [0.15, 0.2) is 5.69 Å². The van der Waals surface area contributed by atoms with Crippen LogP contribution in [0.15, 0.2) is 18.8 Å². The van der Waals surface area contributed by atoms with E-state index in [4.69, 9.17) is 16.7 Å². The second-order valence-electron chi connectivity index (χ2n) is 2.23. The van der Waals surface area contributed by atoms with E-state index in [0.29, 0.717) is 0 Å². The SMILES string of the molecule is C=C(O)c1ncc(Cl)cc1[N+](=O)[O-]. The first-order valence-electron chi connectivity index (χ1n) is 3.20. The number of aromatic nitrogens is 1. The maximum absolute atomic E-state index is 10.4. The van der Waals surface area contributed by atoms with Crippen LogP contribution in [0.3, 0.4) is 0 Å². The summed E-state index contributed by atoms with van der Waals surface area (Å²) in [5, 5.41) is 19.5. The Labute approximate surface area is 78.4 Å². The molecule has 1 N–H and O–H groups in total. The molecule has 0 fully saturated rings. The highest BCUT2D eigenvalue weighted by Crippen LogP contribution is 2.24. The Morgan fingerprint density at radius 3 is 2.85 bits per heavy atom. The molecule has 1 aromatic rings. The van der Waals surface area contributed by atoms with Crippen molar-refractivity contribution < 1.29 is 10.0 Å². The van der Waals surface area contributed by atoms with Gasteiger partial charge in [0.25, 0.3) is 5.69 Å². The fraction of sp³-hybridized carbons (Fsp3) is 0. The summed E-state index contributed by atoms with van der Waals surface area (Å²) >= 11 is 5.49. The van der Waals surface area contributed by atoms with Crippen LogP contribution in [0.4, 0.5) is 5.69 Å². The summed E-state index contributed by atoms with van der Waals surface area (Å²) in [5.41, 5.74) is -0.533. The number of nitrogens with zero attached hydrogens (tertiary/aromatic N) is 2. The number of aliphatic hydroxyl groups is 1. The second kappa shape index (κ2) is 3.40. The Kier molecular flexibility index (Phi) is 2.48. The van der Waals surface area contributed by atoms with Crippen LogP contribution in [-0.4, -0.2) is 15.0 Å². The molecule has 68 valence electrons. The van der Waals surface area contributed by atoms with E-state index in [1.54, 1.807) is 0 Å². The molecule has 0 aromatic carbocycles. The van der Waals surface area contributed by atoms with E-state index in [1.807, 2.05) is 0 Å². The van der Waals surface area contributed by atoms with Crippen molar-refractivity contribution in [2.75, 3.05) is 0 Å². The van der Waals surface area contributed by atoms with E-state index >= 15 is 0 Å². The highest BCUT2D eigenvalue weighted by atomic mass is 35.5. The lowest BCUT2D eigenvalue weighted by Gasteiger charge is -1.99. The van der Waals surface area contributed by atoms with Gasteiger partial charge in [0.05, 0.1) is 9.95 Å². The van der Waals surface area contributed by atoms with Gasteiger partial charge in [-0.15, -0.1) is 0 Å². The Hall–Kier alpha value is -1.62. The zero-order chi connectivity index (χ0) is 10.0. The van der Waals surface area contributed by atoms with E-state index in [1.165, 1.54) is 6.20 Å². The average molecular weight is 201 g/mol. The Morgan fingerprint density at radius 2 is 2.38 bits per heavy atom. The largest absolute Gasteiger partial charge is 0.506 e. The molecule has 0 aliphatic heterocycles. The second-order valence-corrected chi connectivity index (χ2v) is 2.66. The van der Waals surface area contributed by atoms with E-state index < -0.39 is 10.7 Å². The molecule has 0 saturated heterocycles. The van der Waals surface area contributed by atoms with Crippen LogP contribution < -0.4 is 0 Å². The summed E-state index contributed by atoms with van der Waals surface area (Å²) < 4.78 is 0. The summed E-state index contributed by atoms with van der Waals surface area (Å²) in [6, 6.07) is 1.10. The molecule has 0 radical (unpaired) electrons. The molecule has 0 amide bonds. The molecule has 1 rings (SSSR count). The minimum Gasteiger partial charge on any atom is -0.506 e. The summed E-state index contributed by atoms with van der Waals surface area (Å²) in [6.45, 7) is 3.14. The molecule has 0 aliphatic rings. The minimum absolute atomic E-state index is 0.136.